The van der Waals surface area contributed by atoms with E-state index in [0.717, 1.165) is 18.0 Å². The smallest absolute Gasteiger partial charge is 0.0829 e. The van der Waals surface area contributed by atoms with E-state index in [9.17, 15) is 0 Å². The van der Waals surface area contributed by atoms with Crippen LogP contribution in [0.2, 0.25) is 5.02 Å². The number of nitrogens with one attached hydrogen (secondary N) is 1. The van der Waals surface area contributed by atoms with Gasteiger partial charge in [-0.3, -0.25) is 0 Å². The van der Waals surface area contributed by atoms with Gasteiger partial charge in [0.15, 0.2) is 0 Å². The molecule has 2 unspecified atom stereocenters. The second-order valence-corrected chi connectivity index (χ2v) is 4.69. The zero-order valence-corrected chi connectivity index (χ0v) is 12.3. The fourth-order valence-electron chi connectivity index (χ4n) is 1.94. The minimum atomic E-state index is 0.0430. The van der Waals surface area contributed by atoms with Crippen molar-refractivity contribution in [1.82, 2.24) is 5.32 Å². The van der Waals surface area contributed by atoms with Crippen molar-refractivity contribution in [3.63, 3.8) is 0 Å². The van der Waals surface area contributed by atoms with E-state index in [1.54, 1.807) is 0 Å². The van der Waals surface area contributed by atoms with Crippen molar-refractivity contribution in [3.05, 3.63) is 34.9 Å². The molecule has 4 heteroatoms. The van der Waals surface area contributed by atoms with E-state index in [1.165, 1.54) is 5.56 Å². The van der Waals surface area contributed by atoms with Gasteiger partial charge in [-0.1, -0.05) is 37.6 Å². The van der Waals surface area contributed by atoms with Crippen LogP contribution >= 0.6 is 11.6 Å². The average Bonchev–Trinajstić information content (AvgIpc) is 2.46. The normalized spacial score (nSPS) is 22.0. The molecule has 104 valence electrons. The van der Waals surface area contributed by atoms with Crippen LogP contribution in [0.4, 0.5) is 0 Å². The first kappa shape index (κ1) is 16.0. The van der Waals surface area contributed by atoms with Crippen LogP contribution in [-0.2, 0) is 11.2 Å². The Morgan fingerprint density at radius 1 is 1.37 bits per heavy atom. The molecule has 0 saturated carbocycles. The number of benzene rings is 1. The predicted molar refractivity (Wildman–Crippen MR) is 78.3 cm³/mol. The molecule has 1 aliphatic rings. The third-order valence-corrected chi connectivity index (χ3v) is 3.13. The highest BCUT2D eigenvalue weighted by Gasteiger charge is 2.20. The van der Waals surface area contributed by atoms with E-state index >= 15 is 0 Å². The molecule has 0 radical (unpaired) electrons. The van der Waals surface area contributed by atoms with Crippen molar-refractivity contribution >= 4 is 11.6 Å². The first-order valence-electron chi connectivity index (χ1n) is 6.74. The highest BCUT2D eigenvalue weighted by Crippen LogP contribution is 2.13. The van der Waals surface area contributed by atoms with Gasteiger partial charge in [-0.25, -0.2) is 0 Å². The van der Waals surface area contributed by atoms with Crippen molar-refractivity contribution < 1.29 is 4.74 Å². The van der Waals surface area contributed by atoms with Gasteiger partial charge in [0, 0.05) is 17.6 Å². The van der Waals surface area contributed by atoms with Gasteiger partial charge in [0.05, 0.1) is 25.2 Å². The summed E-state index contributed by atoms with van der Waals surface area (Å²) < 4.78 is 5.62. The summed E-state index contributed by atoms with van der Waals surface area (Å²) in [6.07, 6.45) is 1.43. The van der Waals surface area contributed by atoms with Gasteiger partial charge in [-0.05, 0) is 24.1 Å². The van der Waals surface area contributed by atoms with Gasteiger partial charge >= 0.3 is 0 Å². The molecule has 0 amide bonds. The Bertz CT molecular complexity index is 392. The largest absolute Gasteiger partial charge is 0.374 e. The van der Waals surface area contributed by atoms with E-state index in [2.05, 4.69) is 11.4 Å². The summed E-state index contributed by atoms with van der Waals surface area (Å²) in [5.41, 5.74) is 1.24. The van der Waals surface area contributed by atoms with Crippen LogP contribution < -0.4 is 5.32 Å². The maximum atomic E-state index is 8.58. The summed E-state index contributed by atoms with van der Waals surface area (Å²) in [7, 11) is 0. The molecule has 19 heavy (non-hydrogen) atoms. The molecule has 1 aromatic carbocycles. The molecule has 1 N–H and O–H groups in total. The standard InChI is InChI=1S/C13H15ClN2O.C2H6/c14-11-3-1-10(2-4-11)7-12-9-17-13(5-6-15)8-16-12;1-2/h1-4,12-13,16H,5,7-9H2;1-2H3. The van der Waals surface area contributed by atoms with Crippen molar-refractivity contribution in [2.24, 2.45) is 0 Å². The summed E-state index contributed by atoms with van der Waals surface area (Å²) >= 11 is 5.84. The van der Waals surface area contributed by atoms with Crippen LogP contribution in [0.3, 0.4) is 0 Å². The third-order valence-electron chi connectivity index (χ3n) is 2.88. The Hall–Kier alpha value is -1.08. The molecule has 1 saturated heterocycles. The first-order chi connectivity index (χ1) is 9.28. The number of ether oxygens (including phenoxy) is 1. The lowest BCUT2D eigenvalue weighted by Gasteiger charge is -2.29. The topological polar surface area (TPSA) is 45.0 Å². The summed E-state index contributed by atoms with van der Waals surface area (Å²) in [5.74, 6) is 0. The van der Waals surface area contributed by atoms with Crippen molar-refractivity contribution in [2.75, 3.05) is 13.2 Å². The Labute approximate surface area is 120 Å². The van der Waals surface area contributed by atoms with Crippen molar-refractivity contribution in [3.8, 4) is 6.07 Å². The van der Waals surface area contributed by atoms with Crippen LogP contribution in [0.5, 0.6) is 0 Å². The number of halogens is 1. The van der Waals surface area contributed by atoms with E-state index in [1.807, 2.05) is 38.1 Å². The van der Waals surface area contributed by atoms with Crippen LogP contribution in [0.1, 0.15) is 25.8 Å². The second-order valence-electron chi connectivity index (χ2n) is 4.25. The highest BCUT2D eigenvalue weighted by atomic mass is 35.5. The van der Waals surface area contributed by atoms with Gasteiger partial charge in [0.25, 0.3) is 0 Å². The lowest BCUT2D eigenvalue weighted by Crippen LogP contribution is -2.47. The summed E-state index contributed by atoms with van der Waals surface area (Å²) in [6.45, 7) is 5.42. The zero-order chi connectivity index (χ0) is 14.1. The monoisotopic (exact) mass is 280 g/mol. The Morgan fingerprint density at radius 2 is 2.05 bits per heavy atom. The minimum absolute atomic E-state index is 0.0430. The third kappa shape index (κ3) is 5.61. The maximum absolute atomic E-state index is 8.58. The number of morpholine rings is 1. The van der Waals surface area contributed by atoms with E-state index in [4.69, 9.17) is 21.6 Å². The minimum Gasteiger partial charge on any atom is -0.374 e. The Kier molecular flexibility index (Phi) is 7.50. The molecule has 2 atom stereocenters. The quantitative estimate of drug-likeness (QED) is 0.925. The number of nitriles is 1. The molecule has 3 nitrogen and oxygen atoms in total. The number of nitrogens with zero attached hydrogens (tertiary/aromatic N) is 1. The fourth-order valence-corrected chi connectivity index (χ4v) is 2.06. The molecule has 1 heterocycles. The number of hydrogen-bond acceptors (Lipinski definition) is 3. The van der Waals surface area contributed by atoms with Crippen LogP contribution in [0.25, 0.3) is 0 Å². The molecule has 2 rings (SSSR count). The molecule has 1 aliphatic heterocycles. The second kappa shape index (κ2) is 8.92. The van der Waals surface area contributed by atoms with Crippen LogP contribution in [0, 0.1) is 11.3 Å². The molecule has 1 aromatic rings. The molecular formula is C15H21ClN2O. The summed E-state index contributed by atoms with van der Waals surface area (Å²) in [4.78, 5) is 0. The lowest BCUT2D eigenvalue weighted by atomic mass is 10.0. The molecular weight excluding hydrogens is 260 g/mol. The first-order valence-corrected chi connectivity index (χ1v) is 7.12. The summed E-state index contributed by atoms with van der Waals surface area (Å²) in [5, 5.41) is 12.7. The summed E-state index contributed by atoms with van der Waals surface area (Å²) in [6, 6.07) is 10.3. The van der Waals surface area contributed by atoms with Gasteiger partial charge in [0.1, 0.15) is 0 Å². The van der Waals surface area contributed by atoms with Crippen molar-refractivity contribution in [1.29, 1.82) is 5.26 Å². The van der Waals surface area contributed by atoms with E-state index in [-0.39, 0.29) is 6.10 Å². The molecule has 0 aromatic heterocycles. The Morgan fingerprint density at radius 3 is 2.58 bits per heavy atom. The van der Waals surface area contributed by atoms with Gasteiger partial charge < -0.3 is 10.1 Å². The predicted octanol–water partition coefficient (Wildman–Crippen LogP) is 3.18. The number of rotatable bonds is 3. The van der Waals surface area contributed by atoms with Gasteiger partial charge in [-0.2, -0.15) is 5.26 Å². The molecule has 0 aliphatic carbocycles. The van der Waals surface area contributed by atoms with Crippen molar-refractivity contribution in [2.45, 2.75) is 38.8 Å². The molecule has 0 bridgehead atoms. The van der Waals surface area contributed by atoms with Crippen LogP contribution in [-0.4, -0.2) is 25.3 Å². The molecule has 1 fully saturated rings. The van der Waals surface area contributed by atoms with E-state index < -0.39 is 0 Å². The average molecular weight is 281 g/mol. The SMILES string of the molecule is CC.N#CCC1CNC(Cc2ccc(Cl)cc2)CO1. The van der Waals surface area contributed by atoms with Crippen LogP contribution in [0.15, 0.2) is 24.3 Å². The highest BCUT2D eigenvalue weighted by molar-refractivity contribution is 6.30. The lowest BCUT2D eigenvalue weighted by molar-refractivity contribution is 0.00740. The maximum Gasteiger partial charge on any atom is 0.0829 e. The van der Waals surface area contributed by atoms with Gasteiger partial charge in [-0.15, -0.1) is 0 Å². The number of hydrogen-bond donors (Lipinski definition) is 1. The van der Waals surface area contributed by atoms with E-state index in [0.29, 0.717) is 19.1 Å². The van der Waals surface area contributed by atoms with Gasteiger partial charge in [0.2, 0.25) is 0 Å². The molecule has 0 spiro atoms. The fraction of sp³-hybridized carbons (Fsp3) is 0.533. The Balaban J connectivity index is 0.000000861. The zero-order valence-electron chi connectivity index (χ0n) is 11.5.